The number of hydrogen-bond acceptors (Lipinski definition) is 9. The van der Waals surface area contributed by atoms with Crippen LogP contribution >= 0.6 is 0 Å². The highest BCUT2D eigenvalue weighted by atomic mass is 16.5. The molecule has 0 heterocycles. The van der Waals surface area contributed by atoms with Crippen LogP contribution in [0, 0.1) is 0 Å². The second-order valence-electron chi connectivity index (χ2n) is 13.4. The highest BCUT2D eigenvalue weighted by Gasteiger charge is 2.35. The summed E-state index contributed by atoms with van der Waals surface area (Å²) in [5.74, 6) is 0.457. The van der Waals surface area contributed by atoms with Crippen molar-refractivity contribution in [2.75, 3.05) is 42.7 Å². The van der Waals surface area contributed by atoms with Gasteiger partial charge in [-0.05, 0) is 71.1 Å². The second-order valence-corrected chi connectivity index (χ2v) is 13.4. The van der Waals surface area contributed by atoms with Crippen molar-refractivity contribution in [2.45, 2.75) is 71.2 Å². The molecule has 0 fully saturated rings. The molecule has 50 heavy (non-hydrogen) atoms. The number of benzene rings is 4. The highest BCUT2D eigenvalue weighted by molar-refractivity contribution is 5.58. The Morgan fingerprint density at radius 3 is 0.880 bits per heavy atom. The first-order valence-electron chi connectivity index (χ1n) is 16.5. The van der Waals surface area contributed by atoms with Gasteiger partial charge in [0.15, 0.2) is 0 Å². The van der Waals surface area contributed by atoms with E-state index in [9.17, 15) is 15.3 Å². The lowest BCUT2D eigenvalue weighted by molar-refractivity contribution is 0.174. The fourth-order valence-electron chi connectivity index (χ4n) is 6.70. The molecule has 0 aromatic heterocycles. The van der Waals surface area contributed by atoms with Gasteiger partial charge in [-0.2, -0.15) is 0 Å². The molecule has 0 aliphatic carbocycles. The molecule has 0 spiro atoms. The maximum absolute atomic E-state index is 11.1. The van der Waals surface area contributed by atoms with Crippen LogP contribution in [-0.4, -0.2) is 58.0 Å². The Labute approximate surface area is 296 Å². The predicted molar refractivity (Wildman–Crippen MR) is 193 cm³/mol. The topological polar surface area (TPSA) is 116 Å². The molecule has 9 nitrogen and oxygen atoms in total. The quantitative estimate of drug-likeness (QED) is 0.0979. The molecule has 4 aromatic carbocycles. The van der Waals surface area contributed by atoms with E-state index in [0.29, 0.717) is 33.4 Å². The average molecular weight is 689 g/mol. The number of methoxy groups -OCH3 is 6. The number of ether oxygens (including phenoxy) is 6. The highest BCUT2D eigenvalue weighted by Crippen LogP contribution is 2.45. The van der Waals surface area contributed by atoms with Gasteiger partial charge in [-0.25, -0.2) is 0 Å². The van der Waals surface area contributed by atoms with E-state index in [0.717, 1.165) is 27.8 Å². The van der Waals surface area contributed by atoms with Gasteiger partial charge in [0.1, 0.15) is 17.2 Å². The monoisotopic (exact) mass is 688 g/mol. The van der Waals surface area contributed by atoms with Crippen molar-refractivity contribution in [1.82, 2.24) is 0 Å². The van der Waals surface area contributed by atoms with E-state index in [1.54, 1.807) is 42.7 Å². The Hall–Kier alpha value is -3.96. The van der Waals surface area contributed by atoms with E-state index in [1.807, 2.05) is 36.4 Å². The Morgan fingerprint density at radius 2 is 0.620 bits per heavy atom. The van der Waals surface area contributed by atoms with Gasteiger partial charge >= 0.3 is 0 Å². The lowest BCUT2D eigenvalue weighted by Crippen LogP contribution is -2.27. The maximum atomic E-state index is 11.1. The van der Waals surface area contributed by atoms with E-state index in [1.165, 1.54) is 0 Å². The van der Waals surface area contributed by atoms with E-state index in [-0.39, 0.29) is 56.9 Å². The van der Waals surface area contributed by atoms with Gasteiger partial charge in [-0.3, -0.25) is 0 Å². The Balaban J connectivity index is 1.97. The van der Waals surface area contributed by atoms with Crippen LogP contribution in [0.5, 0.6) is 17.2 Å². The largest absolute Gasteiger partial charge is 0.507 e. The van der Waals surface area contributed by atoms with E-state index in [4.69, 9.17) is 28.4 Å². The normalized spacial score (nSPS) is 12.1. The van der Waals surface area contributed by atoms with Crippen molar-refractivity contribution >= 4 is 0 Å². The van der Waals surface area contributed by atoms with Crippen LogP contribution < -0.4 is 0 Å². The minimum atomic E-state index is -0.782. The summed E-state index contributed by atoms with van der Waals surface area (Å²) in [5, 5.41) is 33.2. The smallest absolute Gasteiger partial charge is 0.126 e. The van der Waals surface area contributed by atoms with Gasteiger partial charge in [0.05, 0.1) is 39.6 Å². The molecule has 4 rings (SSSR count). The Morgan fingerprint density at radius 1 is 0.380 bits per heavy atom. The summed E-state index contributed by atoms with van der Waals surface area (Å²) in [4.78, 5) is 0. The third-order valence-corrected chi connectivity index (χ3v) is 9.66. The van der Waals surface area contributed by atoms with Crippen LogP contribution in [0.15, 0.2) is 60.7 Å². The molecular weight excluding hydrogens is 636 g/mol. The van der Waals surface area contributed by atoms with Gasteiger partial charge < -0.3 is 43.7 Å². The summed E-state index contributed by atoms with van der Waals surface area (Å²) in [5.41, 5.74) is 7.61. The summed E-state index contributed by atoms with van der Waals surface area (Å²) >= 11 is 0. The van der Waals surface area contributed by atoms with Crippen molar-refractivity contribution in [3.8, 4) is 17.2 Å². The molecule has 0 saturated heterocycles. The molecule has 4 aromatic rings. The molecule has 0 aliphatic rings. The summed E-state index contributed by atoms with van der Waals surface area (Å²) in [6, 6.07) is 20.4. The SMILES string of the molecule is COCc1cc(C(C)(C)c2ccc(C(C)(c3cc(COC)c(O)c(COC)c3)c3cc(COC)c(O)c(COC)c3)cc2)cc(COC)c1O. The van der Waals surface area contributed by atoms with E-state index < -0.39 is 10.8 Å². The number of aromatic hydroxyl groups is 3. The zero-order valence-electron chi connectivity index (χ0n) is 30.8. The number of phenols is 3. The van der Waals surface area contributed by atoms with Crippen LogP contribution in [0.3, 0.4) is 0 Å². The van der Waals surface area contributed by atoms with Gasteiger partial charge in [0, 0.05) is 86.9 Å². The fraction of sp³-hybridized carbons (Fsp3) is 0.415. The predicted octanol–water partition coefficient (Wildman–Crippen LogP) is 7.36. The van der Waals surface area contributed by atoms with Gasteiger partial charge in [-0.15, -0.1) is 0 Å². The van der Waals surface area contributed by atoms with E-state index >= 15 is 0 Å². The number of hydrogen-bond donors (Lipinski definition) is 3. The lowest BCUT2D eigenvalue weighted by atomic mass is 9.68. The lowest BCUT2D eigenvalue weighted by Gasteiger charge is -2.35. The van der Waals surface area contributed by atoms with Crippen LogP contribution in [-0.2, 0) is 78.9 Å². The van der Waals surface area contributed by atoms with Crippen LogP contribution in [0.2, 0.25) is 0 Å². The van der Waals surface area contributed by atoms with Crippen molar-refractivity contribution in [2.24, 2.45) is 0 Å². The molecule has 0 saturated carbocycles. The zero-order valence-corrected chi connectivity index (χ0v) is 30.8. The molecule has 270 valence electrons. The molecule has 0 unspecified atom stereocenters. The van der Waals surface area contributed by atoms with E-state index in [2.05, 4.69) is 45.0 Å². The van der Waals surface area contributed by atoms with Crippen molar-refractivity contribution in [3.63, 3.8) is 0 Å². The first kappa shape index (κ1) is 38.8. The molecule has 3 N–H and O–H groups in total. The molecule has 0 bridgehead atoms. The van der Waals surface area contributed by atoms with Crippen molar-refractivity contribution < 1.29 is 43.7 Å². The zero-order chi connectivity index (χ0) is 36.6. The number of rotatable bonds is 17. The summed E-state index contributed by atoms with van der Waals surface area (Å²) in [7, 11) is 9.61. The summed E-state index contributed by atoms with van der Waals surface area (Å²) in [6.07, 6.45) is 0. The van der Waals surface area contributed by atoms with Crippen LogP contribution in [0.25, 0.3) is 0 Å². The Kier molecular flexibility index (Phi) is 13.1. The third kappa shape index (κ3) is 7.84. The molecule has 9 heteroatoms. The Bertz CT molecular complexity index is 1600. The van der Waals surface area contributed by atoms with Gasteiger partial charge in [-0.1, -0.05) is 38.1 Å². The van der Waals surface area contributed by atoms with Crippen molar-refractivity contribution in [1.29, 1.82) is 0 Å². The minimum Gasteiger partial charge on any atom is -0.507 e. The van der Waals surface area contributed by atoms with Crippen LogP contribution in [0.1, 0.15) is 82.0 Å². The fourth-order valence-corrected chi connectivity index (χ4v) is 6.70. The maximum Gasteiger partial charge on any atom is 0.126 e. The van der Waals surface area contributed by atoms with Crippen molar-refractivity contribution in [3.05, 3.63) is 122 Å². The first-order valence-corrected chi connectivity index (χ1v) is 16.5. The van der Waals surface area contributed by atoms with Gasteiger partial charge in [0.25, 0.3) is 0 Å². The number of phenolic OH excluding ortho intramolecular Hbond substituents is 3. The summed E-state index contributed by atoms with van der Waals surface area (Å²) in [6.45, 7) is 7.84. The molecule has 0 amide bonds. The molecule has 0 aliphatic heterocycles. The molecular formula is C41H52O9. The summed E-state index contributed by atoms with van der Waals surface area (Å²) < 4.78 is 32.8. The third-order valence-electron chi connectivity index (χ3n) is 9.66. The first-order chi connectivity index (χ1) is 23.9. The van der Waals surface area contributed by atoms with Crippen LogP contribution in [0.4, 0.5) is 0 Å². The second kappa shape index (κ2) is 16.8. The standard InChI is InChI=1S/C41H52O9/c1-40(2,34-14-26(20-45-4)37(42)27(15-34)21-46-5)32-10-12-33(13-11-32)41(3,35-16-28(22-47-6)38(43)29(17-35)23-48-7)36-18-30(24-49-8)39(44)31(19-36)25-50-9/h10-19,42-44H,20-25H2,1-9H3. The molecule has 0 atom stereocenters. The van der Waals surface area contributed by atoms with Gasteiger partial charge in [0.2, 0.25) is 0 Å². The minimum absolute atomic E-state index is 0.136. The average Bonchev–Trinajstić information content (AvgIpc) is 3.10. The molecule has 0 radical (unpaired) electrons.